The summed E-state index contributed by atoms with van der Waals surface area (Å²) in [6.45, 7) is -0.435. The fourth-order valence-corrected chi connectivity index (χ4v) is 1.36. The van der Waals surface area contributed by atoms with Gasteiger partial charge in [0.25, 0.3) is 11.8 Å². The van der Waals surface area contributed by atoms with Crippen molar-refractivity contribution >= 4 is 29.4 Å². The second-order valence-electron chi connectivity index (χ2n) is 3.42. The lowest BCUT2D eigenvalue weighted by Crippen LogP contribution is -2.40. The maximum atomic E-state index is 11.3. The predicted octanol–water partition coefficient (Wildman–Crippen LogP) is 0.273. The molecule has 0 saturated heterocycles. The van der Waals surface area contributed by atoms with Crippen molar-refractivity contribution in [2.75, 3.05) is 13.7 Å². The molecule has 19 heavy (non-hydrogen) atoms. The zero-order valence-electron chi connectivity index (χ0n) is 10.0. The Bertz CT molecular complexity index is 519. The van der Waals surface area contributed by atoms with Crippen LogP contribution in [0.2, 0.25) is 5.02 Å². The molecule has 1 rings (SSSR count). The van der Waals surface area contributed by atoms with Crippen molar-refractivity contribution in [3.63, 3.8) is 0 Å². The van der Waals surface area contributed by atoms with Crippen molar-refractivity contribution in [2.24, 2.45) is 5.73 Å². The number of imide groups is 1. The number of urea groups is 1. The third-order valence-electron chi connectivity index (χ3n) is 2.05. The van der Waals surface area contributed by atoms with Crippen LogP contribution in [-0.4, -0.2) is 31.5 Å². The van der Waals surface area contributed by atoms with Gasteiger partial charge in [0.15, 0.2) is 6.61 Å². The maximum Gasteiger partial charge on any atom is 0.321 e. The summed E-state index contributed by atoms with van der Waals surface area (Å²) in [5.41, 5.74) is 5.21. The minimum absolute atomic E-state index is 0.0558. The molecule has 1 aromatic rings. The van der Waals surface area contributed by atoms with Crippen LogP contribution in [0, 0.1) is 0 Å². The Hall–Kier alpha value is -2.28. The summed E-state index contributed by atoms with van der Waals surface area (Å²) in [6.07, 6.45) is 0. The molecule has 0 aliphatic rings. The van der Waals surface area contributed by atoms with Gasteiger partial charge in [0, 0.05) is 12.1 Å². The van der Waals surface area contributed by atoms with Gasteiger partial charge in [-0.05, 0) is 18.2 Å². The topological polar surface area (TPSA) is 111 Å². The lowest BCUT2D eigenvalue weighted by atomic mass is 10.2. The van der Waals surface area contributed by atoms with Gasteiger partial charge >= 0.3 is 6.03 Å². The third kappa shape index (κ3) is 4.47. The van der Waals surface area contributed by atoms with Crippen LogP contribution >= 0.6 is 11.6 Å². The minimum atomic E-state index is -0.732. The van der Waals surface area contributed by atoms with E-state index in [9.17, 15) is 14.4 Å². The van der Waals surface area contributed by atoms with Gasteiger partial charge in [-0.2, -0.15) is 0 Å². The van der Waals surface area contributed by atoms with E-state index >= 15 is 0 Å². The second-order valence-corrected chi connectivity index (χ2v) is 3.86. The van der Waals surface area contributed by atoms with Gasteiger partial charge in [0.05, 0.1) is 5.56 Å². The number of carbonyl (C=O) groups is 3. The van der Waals surface area contributed by atoms with Gasteiger partial charge in [-0.3, -0.25) is 14.9 Å². The first-order valence-corrected chi connectivity index (χ1v) is 5.55. The highest BCUT2D eigenvalue weighted by molar-refractivity contribution is 6.31. The highest BCUT2D eigenvalue weighted by Crippen LogP contribution is 2.22. The first-order valence-electron chi connectivity index (χ1n) is 5.17. The molecule has 0 heterocycles. The Kier molecular flexibility index (Phi) is 5.13. The van der Waals surface area contributed by atoms with E-state index in [0.717, 1.165) is 0 Å². The summed E-state index contributed by atoms with van der Waals surface area (Å²) < 4.78 is 5.11. The summed E-state index contributed by atoms with van der Waals surface area (Å²) in [5.74, 6) is -1.28. The van der Waals surface area contributed by atoms with E-state index in [4.69, 9.17) is 22.1 Å². The molecule has 0 bridgehead atoms. The Labute approximate surface area is 114 Å². The third-order valence-corrected chi connectivity index (χ3v) is 2.28. The smallest absolute Gasteiger partial charge is 0.321 e. The van der Waals surface area contributed by atoms with Gasteiger partial charge in [0.2, 0.25) is 0 Å². The molecule has 1 aromatic carbocycles. The minimum Gasteiger partial charge on any atom is -0.483 e. The van der Waals surface area contributed by atoms with E-state index in [-0.39, 0.29) is 11.3 Å². The molecular formula is C11H12ClN3O4. The molecule has 0 aromatic heterocycles. The van der Waals surface area contributed by atoms with Crippen LogP contribution in [0.3, 0.4) is 0 Å². The summed E-state index contributed by atoms with van der Waals surface area (Å²) in [5, 5.41) is 4.53. The quantitative estimate of drug-likeness (QED) is 0.737. The van der Waals surface area contributed by atoms with Crippen LogP contribution in [-0.2, 0) is 4.79 Å². The van der Waals surface area contributed by atoms with Crippen molar-refractivity contribution in [3.8, 4) is 5.75 Å². The Morgan fingerprint density at radius 1 is 1.37 bits per heavy atom. The van der Waals surface area contributed by atoms with Gasteiger partial charge in [-0.1, -0.05) is 11.6 Å². The molecular weight excluding hydrogens is 274 g/mol. The SMILES string of the molecule is CNC(=O)NC(=O)COc1ccc(Cl)cc1C(N)=O. The first-order chi connectivity index (χ1) is 8.93. The Balaban J connectivity index is 2.70. The van der Waals surface area contributed by atoms with Crippen LogP contribution in [0.5, 0.6) is 5.75 Å². The van der Waals surface area contributed by atoms with Crippen LogP contribution in [0.1, 0.15) is 10.4 Å². The lowest BCUT2D eigenvalue weighted by molar-refractivity contribution is -0.122. The van der Waals surface area contributed by atoms with Crippen LogP contribution in [0.15, 0.2) is 18.2 Å². The van der Waals surface area contributed by atoms with Gasteiger partial charge in [-0.25, -0.2) is 4.79 Å². The fourth-order valence-electron chi connectivity index (χ4n) is 1.19. The number of nitrogens with one attached hydrogen (secondary N) is 2. The number of ether oxygens (including phenoxy) is 1. The van der Waals surface area contributed by atoms with E-state index in [1.807, 2.05) is 5.32 Å². The number of primary amides is 1. The van der Waals surface area contributed by atoms with Crippen molar-refractivity contribution in [2.45, 2.75) is 0 Å². The zero-order valence-corrected chi connectivity index (χ0v) is 10.8. The summed E-state index contributed by atoms with van der Waals surface area (Å²) in [7, 11) is 1.37. The summed E-state index contributed by atoms with van der Waals surface area (Å²) in [6, 6.07) is 3.57. The molecule has 0 spiro atoms. The molecule has 0 radical (unpaired) electrons. The maximum absolute atomic E-state index is 11.3. The molecule has 0 saturated carbocycles. The number of hydrogen-bond donors (Lipinski definition) is 3. The monoisotopic (exact) mass is 285 g/mol. The van der Waals surface area contributed by atoms with Crippen LogP contribution < -0.4 is 21.1 Å². The number of benzene rings is 1. The first kappa shape index (κ1) is 14.8. The largest absolute Gasteiger partial charge is 0.483 e. The molecule has 0 aliphatic carbocycles. The number of halogens is 1. The van der Waals surface area contributed by atoms with E-state index in [2.05, 4.69) is 5.32 Å². The molecule has 8 heteroatoms. The van der Waals surface area contributed by atoms with E-state index in [1.165, 1.54) is 25.2 Å². The summed E-state index contributed by atoms with van der Waals surface area (Å²) >= 11 is 5.72. The number of nitrogens with two attached hydrogens (primary N) is 1. The zero-order chi connectivity index (χ0) is 14.4. The van der Waals surface area contributed by atoms with E-state index in [1.54, 1.807) is 0 Å². The normalized spacial score (nSPS) is 9.58. The summed E-state index contributed by atoms with van der Waals surface area (Å²) in [4.78, 5) is 33.3. The average Bonchev–Trinajstić information content (AvgIpc) is 2.36. The van der Waals surface area contributed by atoms with Gasteiger partial charge in [0.1, 0.15) is 5.75 Å². The number of amides is 4. The molecule has 0 aliphatic heterocycles. The fraction of sp³-hybridized carbons (Fsp3) is 0.182. The van der Waals surface area contributed by atoms with Gasteiger partial charge < -0.3 is 15.8 Å². The predicted molar refractivity (Wildman–Crippen MR) is 68.1 cm³/mol. The van der Waals surface area contributed by atoms with Crippen molar-refractivity contribution in [1.82, 2.24) is 10.6 Å². The van der Waals surface area contributed by atoms with Gasteiger partial charge in [-0.15, -0.1) is 0 Å². The average molecular weight is 286 g/mol. The molecule has 4 N–H and O–H groups in total. The van der Waals surface area contributed by atoms with E-state index in [0.29, 0.717) is 5.02 Å². The highest BCUT2D eigenvalue weighted by Gasteiger charge is 2.12. The van der Waals surface area contributed by atoms with Crippen molar-refractivity contribution in [1.29, 1.82) is 0 Å². The molecule has 7 nitrogen and oxygen atoms in total. The van der Waals surface area contributed by atoms with Crippen molar-refractivity contribution < 1.29 is 19.1 Å². The highest BCUT2D eigenvalue weighted by atomic mass is 35.5. The van der Waals surface area contributed by atoms with Crippen LogP contribution in [0.4, 0.5) is 4.79 Å². The molecule has 102 valence electrons. The van der Waals surface area contributed by atoms with E-state index < -0.39 is 24.5 Å². The lowest BCUT2D eigenvalue weighted by Gasteiger charge is -2.09. The second kappa shape index (κ2) is 6.60. The molecule has 0 atom stereocenters. The van der Waals surface area contributed by atoms with Crippen molar-refractivity contribution in [3.05, 3.63) is 28.8 Å². The molecule has 4 amide bonds. The number of carbonyl (C=O) groups excluding carboxylic acids is 3. The number of rotatable bonds is 4. The standard InChI is InChI=1S/C11H12ClN3O4/c1-14-11(18)15-9(16)5-19-8-3-2-6(12)4-7(8)10(13)17/h2-4H,5H2,1H3,(H2,13,17)(H2,14,15,16,18). The molecule has 0 unspecified atom stereocenters. The Morgan fingerprint density at radius 2 is 2.05 bits per heavy atom. The number of hydrogen-bond acceptors (Lipinski definition) is 4. The Morgan fingerprint density at radius 3 is 2.63 bits per heavy atom. The molecule has 0 fully saturated rings. The van der Waals surface area contributed by atoms with Crippen LogP contribution in [0.25, 0.3) is 0 Å².